The highest BCUT2D eigenvalue weighted by molar-refractivity contribution is 9.10. The van der Waals surface area contributed by atoms with E-state index in [1.807, 2.05) is 25.1 Å². The molecular weight excluding hydrogens is 280 g/mol. The molecule has 0 unspecified atom stereocenters. The molecule has 0 bridgehead atoms. The number of terminal acetylenes is 1. The van der Waals surface area contributed by atoms with Crippen molar-refractivity contribution in [3.63, 3.8) is 0 Å². The van der Waals surface area contributed by atoms with E-state index < -0.39 is 0 Å². The van der Waals surface area contributed by atoms with Crippen molar-refractivity contribution in [1.82, 2.24) is 5.32 Å². The van der Waals surface area contributed by atoms with Gasteiger partial charge >= 0.3 is 0 Å². The van der Waals surface area contributed by atoms with Crippen molar-refractivity contribution in [3.05, 3.63) is 28.2 Å². The van der Waals surface area contributed by atoms with Crippen molar-refractivity contribution in [3.8, 4) is 12.3 Å². The second-order valence-corrected chi connectivity index (χ2v) is 4.43. The number of nitrogens with one attached hydrogen (secondary N) is 2. The Balaban J connectivity index is 2.62. The second-order valence-electron chi connectivity index (χ2n) is 3.51. The molecule has 1 aromatic carbocycles. The van der Waals surface area contributed by atoms with Crippen LogP contribution in [-0.2, 0) is 11.2 Å². The van der Waals surface area contributed by atoms with Crippen LogP contribution in [0.5, 0.6) is 0 Å². The predicted molar refractivity (Wildman–Crippen MR) is 73.9 cm³/mol. The van der Waals surface area contributed by atoms with E-state index in [-0.39, 0.29) is 12.5 Å². The molecule has 0 aliphatic rings. The lowest BCUT2D eigenvalue weighted by atomic mass is 10.1. The van der Waals surface area contributed by atoms with Crippen molar-refractivity contribution in [2.24, 2.45) is 0 Å². The summed E-state index contributed by atoms with van der Waals surface area (Å²) in [6.07, 6.45) is 5.95. The van der Waals surface area contributed by atoms with Crippen molar-refractivity contribution in [1.29, 1.82) is 0 Å². The van der Waals surface area contributed by atoms with E-state index in [2.05, 4.69) is 32.5 Å². The van der Waals surface area contributed by atoms with Crippen LogP contribution in [0.4, 0.5) is 5.69 Å². The monoisotopic (exact) mass is 294 g/mol. The minimum Gasteiger partial charge on any atom is -0.325 e. The van der Waals surface area contributed by atoms with Crippen LogP contribution in [0, 0.1) is 12.3 Å². The number of amides is 1. The van der Waals surface area contributed by atoms with Gasteiger partial charge < -0.3 is 5.32 Å². The molecule has 90 valence electrons. The largest absolute Gasteiger partial charge is 0.325 e. The number of hydrogen-bond acceptors (Lipinski definition) is 2. The van der Waals surface area contributed by atoms with Gasteiger partial charge in [-0.3, -0.25) is 10.1 Å². The molecule has 0 aliphatic carbocycles. The normalized spacial score (nSPS) is 9.71. The minimum atomic E-state index is -0.0859. The van der Waals surface area contributed by atoms with Gasteiger partial charge in [-0.1, -0.05) is 28.8 Å². The molecule has 0 saturated carbocycles. The van der Waals surface area contributed by atoms with Gasteiger partial charge in [0.1, 0.15) is 0 Å². The maximum absolute atomic E-state index is 11.6. The summed E-state index contributed by atoms with van der Waals surface area (Å²) < 4.78 is 1.01. The van der Waals surface area contributed by atoms with E-state index in [1.54, 1.807) is 0 Å². The summed E-state index contributed by atoms with van der Waals surface area (Å²) in [5.41, 5.74) is 1.95. The number of benzene rings is 1. The predicted octanol–water partition coefficient (Wildman–Crippen LogP) is 2.17. The quantitative estimate of drug-likeness (QED) is 0.646. The third kappa shape index (κ3) is 4.59. The molecule has 0 spiro atoms. The number of hydrogen-bond donors (Lipinski definition) is 2. The van der Waals surface area contributed by atoms with Gasteiger partial charge in [-0.25, -0.2) is 0 Å². The van der Waals surface area contributed by atoms with Crippen molar-refractivity contribution < 1.29 is 4.79 Å². The molecule has 0 radical (unpaired) electrons. The number of carbonyl (C=O) groups is 1. The average molecular weight is 295 g/mol. The third-order valence-electron chi connectivity index (χ3n) is 2.23. The molecule has 0 aromatic heterocycles. The van der Waals surface area contributed by atoms with Gasteiger partial charge in [0, 0.05) is 10.2 Å². The highest BCUT2D eigenvalue weighted by atomic mass is 79.9. The zero-order valence-corrected chi connectivity index (χ0v) is 11.3. The summed E-state index contributed by atoms with van der Waals surface area (Å²) in [5.74, 6) is 2.33. The Labute approximate surface area is 110 Å². The molecule has 2 N–H and O–H groups in total. The van der Waals surface area contributed by atoms with Gasteiger partial charge in [0.2, 0.25) is 5.91 Å². The summed E-state index contributed by atoms with van der Waals surface area (Å²) >= 11 is 3.41. The van der Waals surface area contributed by atoms with Crippen LogP contribution in [0.2, 0.25) is 0 Å². The van der Waals surface area contributed by atoms with E-state index in [9.17, 15) is 4.79 Å². The number of halogens is 1. The Morgan fingerprint density at radius 1 is 1.53 bits per heavy atom. The van der Waals surface area contributed by atoms with E-state index >= 15 is 0 Å². The fourth-order valence-electron chi connectivity index (χ4n) is 1.42. The van der Waals surface area contributed by atoms with Crippen LogP contribution in [0.25, 0.3) is 0 Å². The number of aryl methyl sites for hydroxylation is 1. The topological polar surface area (TPSA) is 41.1 Å². The third-order valence-corrected chi connectivity index (χ3v) is 2.73. The molecule has 0 aliphatic heterocycles. The van der Waals surface area contributed by atoms with Crippen LogP contribution >= 0.6 is 15.9 Å². The number of rotatable bonds is 5. The van der Waals surface area contributed by atoms with Gasteiger partial charge in [0.05, 0.1) is 13.1 Å². The minimum absolute atomic E-state index is 0.0859. The van der Waals surface area contributed by atoms with Crippen LogP contribution in [-0.4, -0.2) is 19.0 Å². The van der Waals surface area contributed by atoms with E-state index in [0.29, 0.717) is 6.54 Å². The van der Waals surface area contributed by atoms with Crippen molar-refractivity contribution in [2.75, 3.05) is 18.4 Å². The fourth-order valence-corrected chi connectivity index (χ4v) is 1.83. The van der Waals surface area contributed by atoms with Gasteiger partial charge in [-0.05, 0) is 30.2 Å². The Bertz CT molecular complexity index is 438. The first-order valence-corrected chi connectivity index (χ1v) is 6.19. The molecule has 1 amide bonds. The molecule has 17 heavy (non-hydrogen) atoms. The van der Waals surface area contributed by atoms with E-state index in [1.165, 1.54) is 0 Å². The summed E-state index contributed by atoms with van der Waals surface area (Å²) in [4.78, 5) is 11.6. The second kappa shape index (κ2) is 7.10. The van der Waals surface area contributed by atoms with Crippen molar-refractivity contribution in [2.45, 2.75) is 13.3 Å². The molecule has 0 heterocycles. The molecule has 4 heteroatoms. The molecule has 0 fully saturated rings. The summed E-state index contributed by atoms with van der Waals surface area (Å²) in [7, 11) is 0. The fraction of sp³-hybridized carbons (Fsp3) is 0.308. The van der Waals surface area contributed by atoms with Crippen LogP contribution in [0.15, 0.2) is 22.7 Å². The molecular formula is C13H15BrN2O. The zero-order chi connectivity index (χ0) is 12.7. The highest BCUT2D eigenvalue weighted by Gasteiger charge is 2.05. The first kappa shape index (κ1) is 13.8. The standard InChI is InChI=1S/C13H15BrN2O/c1-3-7-15-9-13(17)16-12-6-5-11(14)8-10(12)4-2/h1,5-6,8,15H,4,7,9H2,2H3,(H,16,17). The van der Waals surface area contributed by atoms with Gasteiger partial charge in [0.15, 0.2) is 0 Å². The van der Waals surface area contributed by atoms with Gasteiger partial charge in [-0.15, -0.1) is 6.42 Å². The summed E-state index contributed by atoms with van der Waals surface area (Å²) in [6, 6.07) is 5.80. The Kier molecular flexibility index (Phi) is 5.75. The summed E-state index contributed by atoms with van der Waals surface area (Å²) in [6.45, 7) is 2.67. The molecule has 0 atom stereocenters. The number of carbonyl (C=O) groups excluding carboxylic acids is 1. The van der Waals surface area contributed by atoms with Crippen LogP contribution < -0.4 is 10.6 Å². The Morgan fingerprint density at radius 2 is 2.29 bits per heavy atom. The van der Waals surface area contributed by atoms with Gasteiger partial charge in [0.25, 0.3) is 0 Å². The van der Waals surface area contributed by atoms with Crippen LogP contribution in [0.3, 0.4) is 0 Å². The smallest absolute Gasteiger partial charge is 0.238 e. The van der Waals surface area contributed by atoms with Crippen LogP contribution in [0.1, 0.15) is 12.5 Å². The zero-order valence-electron chi connectivity index (χ0n) is 9.72. The highest BCUT2D eigenvalue weighted by Crippen LogP contribution is 2.21. The van der Waals surface area contributed by atoms with Gasteiger partial charge in [-0.2, -0.15) is 0 Å². The lowest BCUT2D eigenvalue weighted by Crippen LogP contribution is -2.28. The molecule has 0 saturated heterocycles. The first-order chi connectivity index (χ1) is 8.17. The number of anilines is 1. The summed E-state index contributed by atoms with van der Waals surface area (Å²) in [5, 5.41) is 5.70. The lowest BCUT2D eigenvalue weighted by molar-refractivity contribution is -0.115. The van der Waals surface area contributed by atoms with Crippen molar-refractivity contribution >= 4 is 27.5 Å². The average Bonchev–Trinajstić information content (AvgIpc) is 2.32. The SMILES string of the molecule is C#CCNCC(=O)Nc1ccc(Br)cc1CC. The van der Waals surface area contributed by atoms with E-state index in [4.69, 9.17) is 6.42 Å². The Morgan fingerprint density at radius 3 is 2.94 bits per heavy atom. The molecule has 1 aromatic rings. The maximum Gasteiger partial charge on any atom is 0.238 e. The Hall–Kier alpha value is -1.31. The molecule has 3 nitrogen and oxygen atoms in total. The lowest BCUT2D eigenvalue weighted by Gasteiger charge is -2.10. The first-order valence-electron chi connectivity index (χ1n) is 5.39. The van der Waals surface area contributed by atoms with E-state index in [0.717, 1.165) is 22.1 Å². The molecule has 1 rings (SSSR count). The maximum atomic E-state index is 11.6.